The summed E-state index contributed by atoms with van der Waals surface area (Å²) in [7, 11) is 0. The summed E-state index contributed by atoms with van der Waals surface area (Å²) in [6.45, 7) is 0. The summed E-state index contributed by atoms with van der Waals surface area (Å²) in [6, 6.07) is 11.7. The van der Waals surface area contributed by atoms with Crippen molar-refractivity contribution in [2.45, 2.75) is 12.5 Å². The van der Waals surface area contributed by atoms with Crippen LogP contribution in [0.4, 0.5) is 0 Å². The van der Waals surface area contributed by atoms with Gasteiger partial charge in [0.25, 0.3) is 0 Å². The third kappa shape index (κ3) is 3.87. The molecule has 0 spiro atoms. The number of rotatable bonds is 4. The van der Waals surface area contributed by atoms with Crippen molar-refractivity contribution in [3.63, 3.8) is 0 Å². The summed E-state index contributed by atoms with van der Waals surface area (Å²) >= 11 is 18.1. The average molecular weight is 486 g/mol. The zero-order valence-electron chi connectivity index (χ0n) is 10.3. The van der Waals surface area contributed by atoms with Gasteiger partial charge in [0.2, 0.25) is 0 Å². The van der Waals surface area contributed by atoms with E-state index in [1.165, 1.54) is 0 Å². The Morgan fingerprint density at radius 3 is 2.70 bits per heavy atom. The van der Waals surface area contributed by atoms with Crippen molar-refractivity contribution in [2.24, 2.45) is 5.84 Å². The minimum Gasteiger partial charge on any atom is -0.271 e. The van der Waals surface area contributed by atoms with E-state index in [4.69, 9.17) is 29.0 Å². The van der Waals surface area contributed by atoms with Crippen molar-refractivity contribution in [1.29, 1.82) is 0 Å². The van der Waals surface area contributed by atoms with Crippen molar-refractivity contribution < 1.29 is 0 Å². The normalized spacial score (nSPS) is 12.4. The second-order valence-electron chi connectivity index (χ2n) is 4.30. The molecule has 0 radical (unpaired) electrons. The lowest BCUT2D eigenvalue weighted by Gasteiger charge is -2.19. The Morgan fingerprint density at radius 1 is 1.25 bits per heavy atom. The third-order valence-electron chi connectivity index (χ3n) is 2.99. The van der Waals surface area contributed by atoms with E-state index in [1.54, 1.807) is 6.07 Å². The van der Waals surface area contributed by atoms with E-state index >= 15 is 0 Å². The van der Waals surface area contributed by atoms with Crippen LogP contribution in [-0.2, 0) is 6.42 Å². The first-order chi connectivity index (χ1) is 9.52. The molecule has 20 heavy (non-hydrogen) atoms. The van der Waals surface area contributed by atoms with Gasteiger partial charge in [-0.1, -0.05) is 51.3 Å². The molecule has 0 amide bonds. The molecule has 2 nitrogen and oxygen atoms in total. The number of nitrogens with one attached hydrogen (secondary N) is 1. The number of benzene rings is 2. The van der Waals surface area contributed by atoms with E-state index in [2.05, 4.69) is 50.0 Å². The van der Waals surface area contributed by atoms with Crippen LogP contribution in [-0.4, -0.2) is 0 Å². The summed E-state index contributed by atoms with van der Waals surface area (Å²) in [5.74, 6) is 5.72. The van der Waals surface area contributed by atoms with Gasteiger partial charge in [-0.3, -0.25) is 11.3 Å². The van der Waals surface area contributed by atoms with Gasteiger partial charge in [0.1, 0.15) is 0 Å². The molecule has 6 heteroatoms. The van der Waals surface area contributed by atoms with Crippen LogP contribution in [0.15, 0.2) is 40.9 Å². The van der Waals surface area contributed by atoms with Gasteiger partial charge < -0.3 is 0 Å². The Bertz CT molecular complexity index is 622. The minimum absolute atomic E-state index is 0.0321. The summed E-state index contributed by atoms with van der Waals surface area (Å²) in [5, 5.41) is 1.14. The van der Waals surface area contributed by atoms with Gasteiger partial charge in [0.05, 0.1) is 16.1 Å². The number of hydrogen-bond acceptors (Lipinski definition) is 2. The van der Waals surface area contributed by atoms with Crippen LogP contribution in [0.25, 0.3) is 0 Å². The molecule has 2 aromatic carbocycles. The predicted octanol–water partition coefficient (Wildman–Crippen LogP) is 5.11. The highest BCUT2D eigenvalue weighted by atomic mass is 127. The van der Waals surface area contributed by atoms with Gasteiger partial charge in [-0.25, -0.2) is 0 Å². The first-order valence-corrected chi connectivity index (χ1v) is 8.49. The SMILES string of the molecule is NNC(Cc1cccc(Cl)c1Cl)c1cc(Br)ccc1I. The number of hydrogen-bond donors (Lipinski definition) is 2. The van der Waals surface area contributed by atoms with Crippen molar-refractivity contribution >= 4 is 61.7 Å². The molecule has 0 fully saturated rings. The Balaban J connectivity index is 2.34. The van der Waals surface area contributed by atoms with Gasteiger partial charge in [-0.05, 0) is 64.4 Å². The van der Waals surface area contributed by atoms with Crippen LogP contribution in [0.1, 0.15) is 17.2 Å². The zero-order valence-corrected chi connectivity index (χ0v) is 15.6. The maximum atomic E-state index is 6.24. The molecule has 1 unspecified atom stereocenters. The monoisotopic (exact) mass is 484 g/mol. The fraction of sp³-hybridized carbons (Fsp3) is 0.143. The molecule has 0 saturated carbocycles. The van der Waals surface area contributed by atoms with Gasteiger partial charge in [0.15, 0.2) is 0 Å². The molecule has 0 aliphatic rings. The summed E-state index contributed by atoms with van der Waals surface area (Å²) in [6.07, 6.45) is 0.669. The van der Waals surface area contributed by atoms with E-state index in [9.17, 15) is 0 Å². The van der Waals surface area contributed by atoms with Gasteiger partial charge in [-0.2, -0.15) is 0 Å². The number of nitrogens with two attached hydrogens (primary N) is 1. The van der Waals surface area contributed by atoms with Crippen molar-refractivity contribution in [3.8, 4) is 0 Å². The van der Waals surface area contributed by atoms with Crippen LogP contribution >= 0.6 is 61.7 Å². The molecule has 3 N–H and O–H groups in total. The third-order valence-corrected chi connectivity index (χ3v) is 5.32. The lowest BCUT2D eigenvalue weighted by atomic mass is 9.99. The smallest absolute Gasteiger partial charge is 0.0624 e. The van der Waals surface area contributed by atoms with Crippen LogP contribution < -0.4 is 11.3 Å². The Labute approximate surface area is 150 Å². The zero-order chi connectivity index (χ0) is 14.7. The fourth-order valence-corrected chi connectivity index (χ4v) is 3.45. The number of hydrazine groups is 1. The van der Waals surface area contributed by atoms with Crippen molar-refractivity contribution in [1.82, 2.24) is 5.43 Å². The molecule has 0 aliphatic heterocycles. The second kappa shape index (κ2) is 7.42. The Kier molecular flexibility index (Phi) is 6.13. The highest BCUT2D eigenvalue weighted by Gasteiger charge is 2.16. The van der Waals surface area contributed by atoms with Crippen LogP contribution in [0.2, 0.25) is 10.0 Å². The quantitative estimate of drug-likeness (QED) is 0.359. The van der Waals surface area contributed by atoms with E-state index in [0.29, 0.717) is 16.5 Å². The highest BCUT2D eigenvalue weighted by Crippen LogP contribution is 2.31. The van der Waals surface area contributed by atoms with Gasteiger partial charge in [-0.15, -0.1) is 0 Å². The summed E-state index contributed by atoms with van der Waals surface area (Å²) in [5.41, 5.74) is 4.95. The van der Waals surface area contributed by atoms with Crippen LogP contribution in [0, 0.1) is 3.57 Å². The molecular formula is C14H12BrCl2IN2. The maximum Gasteiger partial charge on any atom is 0.0624 e. The molecule has 0 bridgehead atoms. The molecule has 0 heterocycles. The second-order valence-corrected chi connectivity index (χ2v) is 7.17. The van der Waals surface area contributed by atoms with Crippen molar-refractivity contribution in [3.05, 3.63) is 65.6 Å². The van der Waals surface area contributed by atoms with Gasteiger partial charge >= 0.3 is 0 Å². The molecular weight excluding hydrogens is 474 g/mol. The predicted molar refractivity (Wildman–Crippen MR) is 97.1 cm³/mol. The van der Waals surface area contributed by atoms with Crippen molar-refractivity contribution in [2.75, 3.05) is 0 Å². The van der Waals surface area contributed by atoms with Crippen LogP contribution in [0.5, 0.6) is 0 Å². The minimum atomic E-state index is -0.0321. The fourth-order valence-electron chi connectivity index (χ4n) is 1.97. The molecule has 0 aliphatic carbocycles. The van der Waals surface area contributed by atoms with E-state index in [0.717, 1.165) is 19.2 Å². The molecule has 0 saturated heterocycles. The van der Waals surface area contributed by atoms with E-state index < -0.39 is 0 Å². The first kappa shape index (κ1) is 16.5. The van der Waals surface area contributed by atoms with Gasteiger partial charge in [0, 0.05) is 8.04 Å². The molecule has 1 atom stereocenters. The average Bonchev–Trinajstić information content (AvgIpc) is 2.43. The lowest BCUT2D eigenvalue weighted by molar-refractivity contribution is 0.549. The largest absolute Gasteiger partial charge is 0.271 e. The molecule has 106 valence electrons. The molecule has 2 rings (SSSR count). The van der Waals surface area contributed by atoms with Crippen LogP contribution in [0.3, 0.4) is 0 Å². The Hall–Kier alpha value is 0.150. The lowest BCUT2D eigenvalue weighted by Crippen LogP contribution is -2.30. The van der Waals surface area contributed by atoms with E-state index in [1.807, 2.05) is 24.3 Å². The highest BCUT2D eigenvalue weighted by molar-refractivity contribution is 14.1. The Morgan fingerprint density at radius 2 is 2.00 bits per heavy atom. The number of halogens is 4. The molecule has 0 aromatic heterocycles. The van der Waals surface area contributed by atoms with E-state index in [-0.39, 0.29) is 6.04 Å². The standard InChI is InChI=1S/C14H12BrCl2IN2/c15-9-4-5-12(18)10(7-9)13(20-19)6-8-2-1-3-11(16)14(8)17/h1-5,7,13,20H,6,19H2. The first-order valence-electron chi connectivity index (χ1n) is 5.87. The summed E-state index contributed by atoms with van der Waals surface area (Å²) in [4.78, 5) is 0. The summed E-state index contributed by atoms with van der Waals surface area (Å²) < 4.78 is 2.16. The maximum absolute atomic E-state index is 6.24. The topological polar surface area (TPSA) is 38.0 Å². The molecule has 2 aromatic rings.